The summed E-state index contributed by atoms with van der Waals surface area (Å²) in [5.74, 6) is -3.16. The van der Waals surface area contributed by atoms with Crippen LogP contribution in [-0.2, 0) is 10.0 Å². The Morgan fingerprint density at radius 1 is 1.47 bits per heavy atom. The smallest absolute Gasteiger partial charge is 0.246 e. The molecule has 5 nitrogen and oxygen atoms in total. The summed E-state index contributed by atoms with van der Waals surface area (Å²) in [6.07, 6.45) is 0. The van der Waals surface area contributed by atoms with Crippen LogP contribution in [0.3, 0.4) is 0 Å². The van der Waals surface area contributed by atoms with Crippen molar-refractivity contribution in [1.82, 2.24) is 4.98 Å². The Balaban J connectivity index is 2.96. The van der Waals surface area contributed by atoms with Gasteiger partial charge in [-0.25, -0.2) is 8.42 Å². The highest BCUT2D eigenvalue weighted by Crippen LogP contribution is 2.13. The number of halogens is 2. The van der Waals surface area contributed by atoms with Crippen LogP contribution in [0, 0.1) is 23.2 Å². The van der Waals surface area contributed by atoms with Gasteiger partial charge in [0.2, 0.25) is 21.9 Å². The highest BCUT2D eigenvalue weighted by Gasteiger charge is 2.13. The molecule has 0 amide bonds. The fraction of sp³-hybridized carbons (Fsp3) is 0.143. The molecule has 0 spiro atoms. The molecule has 0 atom stereocenters. The monoisotopic (exact) mass is 233 g/mol. The van der Waals surface area contributed by atoms with Gasteiger partial charge >= 0.3 is 0 Å². The van der Waals surface area contributed by atoms with Gasteiger partial charge in [0.1, 0.15) is 5.69 Å². The van der Waals surface area contributed by atoms with Crippen LogP contribution in [0.15, 0.2) is 12.1 Å². The standard InChI is InChI=1S/C7H5F2N3O2S/c8-6-2-1-5(7(9)11-6)12-15(13,14)4-3-10/h1-2,12H,4H2. The molecule has 0 unspecified atom stereocenters. The van der Waals surface area contributed by atoms with E-state index in [1.54, 1.807) is 4.72 Å². The third kappa shape index (κ3) is 3.14. The van der Waals surface area contributed by atoms with E-state index >= 15 is 0 Å². The molecule has 0 aliphatic heterocycles. The lowest BCUT2D eigenvalue weighted by atomic mass is 10.4. The van der Waals surface area contributed by atoms with Crippen molar-refractivity contribution >= 4 is 15.7 Å². The third-order valence-corrected chi connectivity index (χ3v) is 2.37. The summed E-state index contributed by atoms with van der Waals surface area (Å²) in [5, 5.41) is 8.15. The van der Waals surface area contributed by atoms with Crippen molar-refractivity contribution < 1.29 is 17.2 Å². The van der Waals surface area contributed by atoms with Crippen LogP contribution in [0.25, 0.3) is 0 Å². The van der Waals surface area contributed by atoms with E-state index in [1.807, 2.05) is 0 Å². The second kappa shape index (κ2) is 4.18. The summed E-state index contributed by atoms with van der Waals surface area (Å²) >= 11 is 0. The summed E-state index contributed by atoms with van der Waals surface area (Å²) in [5.41, 5.74) is -0.494. The molecule has 0 bridgehead atoms. The first-order valence-electron chi connectivity index (χ1n) is 3.64. The minimum absolute atomic E-state index is 0.494. The largest absolute Gasteiger partial charge is 0.278 e. The molecule has 1 aromatic rings. The number of sulfonamides is 1. The molecule has 1 rings (SSSR count). The molecule has 0 saturated carbocycles. The van der Waals surface area contributed by atoms with Crippen molar-refractivity contribution in [3.63, 3.8) is 0 Å². The van der Waals surface area contributed by atoms with E-state index in [0.717, 1.165) is 12.1 Å². The molecule has 80 valence electrons. The highest BCUT2D eigenvalue weighted by atomic mass is 32.2. The molecule has 0 aliphatic rings. The molecule has 1 heterocycles. The van der Waals surface area contributed by atoms with E-state index in [-0.39, 0.29) is 0 Å². The van der Waals surface area contributed by atoms with Crippen molar-refractivity contribution in [3.05, 3.63) is 24.0 Å². The van der Waals surface area contributed by atoms with E-state index in [4.69, 9.17) is 5.26 Å². The molecular weight excluding hydrogens is 228 g/mol. The van der Waals surface area contributed by atoms with Gasteiger partial charge in [0.25, 0.3) is 0 Å². The molecule has 0 aliphatic carbocycles. The number of nitrogens with one attached hydrogen (secondary N) is 1. The van der Waals surface area contributed by atoms with Crippen molar-refractivity contribution in [2.75, 3.05) is 10.5 Å². The minimum atomic E-state index is -3.93. The molecule has 0 fully saturated rings. The average molecular weight is 233 g/mol. The first-order chi connectivity index (χ1) is 6.94. The Bertz CT molecular complexity index is 509. The number of nitrogens with zero attached hydrogens (tertiary/aromatic N) is 2. The SMILES string of the molecule is N#CCS(=O)(=O)Nc1ccc(F)nc1F. The molecule has 1 N–H and O–H groups in total. The Hall–Kier alpha value is -1.75. The Kier molecular flexibility index (Phi) is 3.16. The molecule has 15 heavy (non-hydrogen) atoms. The maximum Gasteiger partial charge on any atom is 0.246 e. The van der Waals surface area contributed by atoms with Gasteiger partial charge in [-0.2, -0.15) is 19.0 Å². The van der Waals surface area contributed by atoms with Gasteiger partial charge in [-0.3, -0.25) is 4.72 Å². The van der Waals surface area contributed by atoms with Gasteiger partial charge in [0, 0.05) is 0 Å². The fourth-order valence-corrected chi connectivity index (χ4v) is 1.51. The highest BCUT2D eigenvalue weighted by molar-refractivity contribution is 7.92. The summed E-state index contributed by atoms with van der Waals surface area (Å²) in [6.45, 7) is 0. The first-order valence-corrected chi connectivity index (χ1v) is 5.29. The molecule has 8 heteroatoms. The van der Waals surface area contributed by atoms with Crippen molar-refractivity contribution in [2.45, 2.75) is 0 Å². The lowest BCUT2D eigenvalue weighted by molar-refractivity contribution is 0.515. The van der Waals surface area contributed by atoms with Crippen LogP contribution in [-0.4, -0.2) is 19.2 Å². The zero-order valence-corrected chi connectivity index (χ0v) is 8.05. The third-order valence-electron chi connectivity index (χ3n) is 1.33. The van der Waals surface area contributed by atoms with Gasteiger partial charge in [0.15, 0.2) is 5.75 Å². The van der Waals surface area contributed by atoms with E-state index in [9.17, 15) is 17.2 Å². The van der Waals surface area contributed by atoms with Crippen LogP contribution >= 0.6 is 0 Å². The second-order valence-electron chi connectivity index (χ2n) is 2.49. The van der Waals surface area contributed by atoms with Crippen LogP contribution in [0.5, 0.6) is 0 Å². The number of aromatic nitrogens is 1. The minimum Gasteiger partial charge on any atom is -0.278 e. The van der Waals surface area contributed by atoms with Crippen LogP contribution < -0.4 is 4.72 Å². The normalized spacial score (nSPS) is 10.7. The van der Waals surface area contributed by atoms with Crippen molar-refractivity contribution in [1.29, 1.82) is 5.26 Å². The van der Waals surface area contributed by atoms with Gasteiger partial charge < -0.3 is 0 Å². The number of rotatable bonds is 3. The molecule has 0 radical (unpaired) electrons. The summed E-state index contributed by atoms with van der Waals surface area (Å²) in [6, 6.07) is 3.07. The molecular formula is C7H5F2N3O2S. The summed E-state index contributed by atoms with van der Waals surface area (Å²) in [7, 11) is -3.93. The van der Waals surface area contributed by atoms with E-state index in [0.29, 0.717) is 0 Å². The molecule has 0 aromatic carbocycles. The van der Waals surface area contributed by atoms with E-state index in [2.05, 4.69) is 4.98 Å². The Morgan fingerprint density at radius 2 is 2.13 bits per heavy atom. The van der Waals surface area contributed by atoms with E-state index < -0.39 is 33.4 Å². The maximum atomic E-state index is 12.9. The van der Waals surface area contributed by atoms with Gasteiger partial charge in [-0.05, 0) is 12.1 Å². The Labute approximate surface area is 84.4 Å². The van der Waals surface area contributed by atoms with Gasteiger partial charge in [-0.1, -0.05) is 0 Å². The molecule has 0 saturated heterocycles. The van der Waals surface area contributed by atoms with Gasteiger partial charge in [-0.15, -0.1) is 0 Å². The second-order valence-corrected chi connectivity index (χ2v) is 4.21. The van der Waals surface area contributed by atoms with E-state index in [1.165, 1.54) is 6.07 Å². The number of anilines is 1. The van der Waals surface area contributed by atoms with Crippen LogP contribution in [0.2, 0.25) is 0 Å². The lowest BCUT2D eigenvalue weighted by Crippen LogP contribution is -2.16. The number of pyridine rings is 1. The predicted octanol–water partition coefficient (Wildman–Crippen LogP) is 0.625. The first kappa shape index (κ1) is 11.3. The summed E-state index contributed by atoms with van der Waals surface area (Å²) in [4.78, 5) is 2.77. The van der Waals surface area contributed by atoms with Gasteiger partial charge in [0.05, 0.1) is 6.07 Å². The average Bonchev–Trinajstić information content (AvgIpc) is 2.09. The number of nitriles is 1. The Morgan fingerprint density at radius 3 is 2.67 bits per heavy atom. The lowest BCUT2D eigenvalue weighted by Gasteiger charge is -2.04. The predicted molar refractivity (Wildman–Crippen MR) is 47.2 cm³/mol. The zero-order chi connectivity index (χ0) is 11.5. The quantitative estimate of drug-likeness (QED) is 0.776. The molecule has 1 aromatic heterocycles. The van der Waals surface area contributed by atoms with Crippen molar-refractivity contribution in [3.8, 4) is 6.07 Å². The fourth-order valence-electron chi connectivity index (χ4n) is 0.777. The van der Waals surface area contributed by atoms with Crippen LogP contribution in [0.1, 0.15) is 0 Å². The van der Waals surface area contributed by atoms with Crippen molar-refractivity contribution in [2.24, 2.45) is 0 Å². The number of hydrogen-bond donors (Lipinski definition) is 1. The maximum absolute atomic E-state index is 12.9. The summed E-state index contributed by atoms with van der Waals surface area (Å²) < 4.78 is 49.0. The zero-order valence-electron chi connectivity index (χ0n) is 7.24. The number of hydrogen-bond acceptors (Lipinski definition) is 4. The topological polar surface area (TPSA) is 82.8 Å². The van der Waals surface area contributed by atoms with Crippen LogP contribution in [0.4, 0.5) is 14.5 Å².